The van der Waals surface area contributed by atoms with Gasteiger partial charge in [0.15, 0.2) is 6.10 Å². The molecular weight excluding hydrogens is 877 g/mol. The molecule has 0 aromatic carbocycles. The number of carbonyl (C=O) groups excluding carboxylic acids is 3. The lowest BCUT2D eigenvalue weighted by Crippen LogP contribution is -2.30. The van der Waals surface area contributed by atoms with Crippen LogP contribution in [0.25, 0.3) is 0 Å². The Bertz CT molecular complexity index is 1550. The number of esters is 3. The lowest BCUT2D eigenvalue weighted by molar-refractivity contribution is -0.166. The van der Waals surface area contributed by atoms with Gasteiger partial charge in [-0.25, -0.2) is 0 Å². The smallest absolute Gasteiger partial charge is 0.310 e. The molecule has 0 aromatic heterocycles. The number of rotatable bonds is 50. The van der Waals surface area contributed by atoms with Gasteiger partial charge >= 0.3 is 17.9 Å². The van der Waals surface area contributed by atoms with Crippen molar-refractivity contribution in [2.75, 3.05) is 13.2 Å². The molecule has 0 aliphatic heterocycles. The van der Waals surface area contributed by atoms with Gasteiger partial charge in [-0.2, -0.15) is 0 Å². The normalized spacial score (nSPS) is 13.1. The van der Waals surface area contributed by atoms with E-state index in [0.29, 0.717) is 19.3 Å². The van der Waals surface area contributed by atoms with Gasteiger partial charge in [0.2, 0.25) is 0 Å². The Balaban J connectivity index is 4.46. The molecule has 0 rings (SSSR count). The molecule has 6 heteroatoms. The minimum absolute atomic E-state index is 0.0895. The van der Waals surface area contributed by atoms with Gasteiger partial charge in [0.05, 0.1) is 6.42 Å². The van der Waals surface area contributed by atoms with Crippen LogP contribution in [-0.4, -0.2) is 37.2 Å². The second-order valence-electron chi connectivity index (χ2n) is 18.5. The zero-order valence-electron chi connectivity index (χ0n) is 45.7. The second-order valence-corrected chi connectivity index (χ2v) is 18.5. The van der Waals surface area contributed by atoms with Gasteiger partial charge < -0.3 is 14.2 Å². The molecule has 0 aromatic rings. The zero-order chi connectivity index (χ0) is 51.4. The maximum Gasteiger partial charge on any atom is 0.310 e. The summed E-state index contributed by atoms with van der Waals surface area (Å²) in [6.07, 6.45) is 81.8. The van der Waals surface area contributed by atoms with Crippen molar-refractivity contribution >= 4 is 17.9 Å². The molecule has 0 spiro atoms. The topological polar surface area (TPSA) is 78.9 Å². The largest absolute Gasteiger partial charge is 0.462 e. The Hall–Kier alpha value is -4.45. The molecule has 0 N–H and O–H groups in total. The van der Waals surface area contributed by atoms with Gasteiger partial charge in [-0.3, -0.25) is 14.4 Å². The third kappa shape index (κ3) is 56.3. The van der Waals surface area contributed by atoms with Gasteiger partial charge in [-0.1, -0.05) is 257 Å². The van der Waals surface area contributed by atoms with E-state index in [1.165, 1.54) is 77.0 Å². The first-order valence-corrected chi connectivity index (χ1v) is 28.7. The lowest BCUT2D eigenvalue weighted by atomic mass is 10.0. The van der Waals surface area contributed by atoms with E-state index < -0.39 is 12.1 Å². The number of ether oxygens (including phenoxy) is 3. The van der Waals surface area contributed by atoms with E-state index in [9.17, 15) is 14.4 Å². The van der Waals surface area contributed by atoms with Crippen LogP contribution in [-0.2, 0) is 28.6 Å². The average Bonchev–Trinajstić information content (AvgIpc) is 3.37. The van der Waals surface area contributed by atoms with E-state index in [-0.39, 0.29) is 31.6 Å². The van der Waals surface area contributed by atoms with Crippen LogP contribution in [0.15, 0.2) is 134 Å². The third-order valence-corrected chi connectivity index (χ3v) is 11.7. The van der Waals surface area contributed by atoms with Crippen molar-refractivity contribution in [1.29, 1.82) is 0 Å². The Labute approximate surface area is 436 Å². The first-order chi connectivity index (χ1) is 35.0. The zero-order valence-corrected chi connectivity index (χ0v) is 45.7. The second kappa shape index (κ2) is 58.1. The van der Waals surface area contributed by atoms with E-state index in [1.807, 2.05) is 6.08 Å². The SMILES string of the molecule is CC/C=C\C/C=C\C/C=C\C/C=C\C/C=C\C/C=C\CCCCCCCCC(=O)OCC(COC(=O)CCCCCCCCCCCCCCC)OC(=O)C/C=C\C/C=C\C/C=C\C/C=C\C/C=C\CC. The maximum absolute atomic E-state index is 12.8. The van der Waals surface area contributed by atoms with Crippen molar-refractivity contribution < 1.29 is 28.6 Å². The summed E-state index contributed by atoms with van der Waals surface area (Å²) in [5.41, 5.74) is 0. The molecule has 0 saturated heterocycles. The molecule has 0 aliphatic carbocycles. The van der Waals surface area contributed by atoms with Crippen molar-refractivity contribution in [3.63, 3.8) is 0 Å². The number of allylic oxidation sites excluding steroid dienone is 21. The highest BCUT2D eigenvalue weighted by Gasteiger charge is 2.19. The quantitative estimate of drug-likeness (QED) is 0.0262. The predicted molar refractivity (Wildman–Crippen MR) is 306 cm³/mol. The average molecular weight is 982 g/mol. The number of hydrogen-bond donors (Lipinski definition) is 0. The van der Waals surface area contributed by atoms with Crippen LogP contribution in [0.1, 0.15) is 239 Å². The Kier molecular flexibility index (Phi) is 54.5. The Morgan fingerprint density at radius 2 is 0.592 bits per heavy atom. The minimum Gasteiger partial charge on any atom is -0.462 e. The molecule has 0 amide bonds. The Morgan fingerprint density at radius 3 is 0.930 bits per heavy atom. The van der Waals surface area contributed by atoms with Gasteiger partial charge in [0.25, 0.3) is 0 Å². The molecule has 0 saturated carbocycles. The van der Waals surface area contributed by atoms with E-state index in [0.717, 1.165) is 116 Å². The first-order valence-electron chi connectivity index (χ1n) is 28.7. The van der Waals surface area contributed by atoms with Crippen molar-refractivity contribution in [3.05, 3.63) is 134 Å². The maximum atomic E-state index is 12.8. The summed E-state index contributed by atoms with van der Waals surface area (Å²) in [4.78, 5) is 38.1. The van der Waals surface area contributed by atoms with Crippen LogP contribution in [0.5, 0.6) is 0 Å². The van der Waals surface area contributed by atoms with Crippen LogP contribution < -0.4 is 0 Å². The van der Waals surface area contributed by atoms with Gasteiger partial charge in [-0.15, -0.1) is 0 Å². The number of hydrogen-bond acceptors (Lipinski definition) is 6. The summed E-state index contributed by atoms with van der Waals surface area (Å²) < 4.78 is 16.7. The van der Waals surface area contributed by atoms with Gasteiger partial charge in [0, 0.05) is 12.8 Å². The van der Waals surface area contributed by atoms with Crippen LogP contribution in [0.3, 0.4) is 0 Å². The molecule has 0 radical (unpaired) electrons. The fourth-order valence-corrected chi connectivity index (χ4v) is 7.46. The molecular formula is C65H104O6. The molecule has 0 heterocycles. The van der Waals surface area contributed by atoms with E-state index in [4.69, 9.17) is 14.2 Å². The molecule has 0 bridgehead atoms. The summed E-state index contributed by atoms with van der Waals surface area (Å²) in [5.74, 6) is -1.07. The molecule has 71 heavy (non-hydrogen) atoms. The summed E-state index contributed by atoms with van der Waals surface area (Å²) in [6, 6.07) is 0. The summed E-state index contributed by atoms with van der Waals surface area (Å²) in [6.45, 7) is 6.31. The Morgan fingerprint density at radius 1 is 0.310 bits per heavy atom. The van der Waals surface area contributed by atoms with Crippen LogP contribution >= 0.6 is 0 Å². The fourth-order valence-electron chi connectivity index (χ4n) is 7.46. The molecule has 400 valence electrons. The molecule has 1 atom stereocenters. The van der Waals surface area contributed by atoms with Crippen molar-refractivity contribution in [1.82, 2.24) is 0 Å². The summed E-state index contributed by atoms with van der Waals surface area (Å²) >= 11 is 0. The number of carbonyl (C=O) groups is 3. The van der Waals surface area contributed by atoms with E-state index in [1.54, 1.807) is 6.08 Å². The van der Waals surface area contributed by atoms with Gasteiger partial charge in [0.1, 0.15) is 13.2 Å². The first kappa shape index (κ1) is 66.6. The fraction of sp³-hybridized carbons (Fsp3) is 0.615. The van der Waals surface area contributed by atoms with E-state index in [2.05, 4.69) is 142 Å². The molecule has 1 unspecified atom stereocenters. The monoisotopic (exact) mass is 981 g/mol. The lowest BCUT2D eigenvalue weighted by Gasteiger charge is -2.18. The predicted octanol–water partition coefficient (Wildman–Crippen LogP) is 19.4. The van der Waals surface area contributed by atoms with Crippen molar-refractivity contribution in [2.45, 2.75) is 245 Å². The van der Waals surface area contributed by atoms with Crippen LogP contribution in [0.4, 0.5) is 0 Å². The minimum atomic E-state index is -0.842. The highest BCUT2D eigenvalue weighted by molar-refractivity contribution is 5.72. The molecule has 6 nitrogen and oxygen atoms in total. The number of unbranched alkanes of at least 4 members (excludes halogenated alkanes) is 18. The molecule has 0 fully saturated rings. The highest BCUT2D eigenvalue weighted by atomic mass is 16.6. The summed E-state index contributed by atoms with van der Waals surface area (Å²) in [5, 5.41) is 0. The van der Waals surface area contributed by atoms with Gasteiger partial charge in [-0.05, 0) is 96.3 Å². The van der Waals surface area contributed by atoms with E-state index >= 15 is 0 Å². The third-order valence-electron chi connectivity index (χ3n) is 11.7. The standard InChI is InChI=1S/C65H104O6/c1-4-7-10-13-16-19-22-25-27-28-29-30-31-32-33-34-35-36-38-40-43-46-49-52-55-58-64(67)70-61-62(60-69-63(66)57-54-51-48-45-42-39-24-21-18-15-12-9-6-3)71-65(68)59-56-53-50-47-44-41-37-26-23-20-17-14-11-8-5-2/h7-8,10-11,16-17,19-20,25-27,29-30,32-33,35-37,44,47,53,56,62H,4-6,9,12-15,18,21-24,28,31,34,38-43,45-46,48-52,54-55,57-61H2,1-3H3/b10-7-,11-8-,19-16-,20-17-,27-25-,30-29-,33-32-,36-35-,37-26-,47-44-,56-53-. The molecule has 0 aliphatic rings. The van der Waals surface area contributed by atoms with Crippen molar-refractivity contribution in [2.24, 2.45) is 0 Å². The van der Waals surface area contributed by atoms with Crippen LogP contribution in [0, 0.1) is 0 Å². The highest BCUT2D eigenvalue weighted by Crippen LogP contribution is 2.14. The van der Waals surface area contributed by atoms with Crippen molar-refractivity contribution in [3.8, 4) is 0 Å². The summed E-state index contributed by atoms with van der Waals surface area (Å²) in [7, 11) is 0. The van der Waals surface area contributed by atoms with Crippen LogP contribution in [0.2, 0.25) is 0 Å².